The van der Waals surface area contributed by atoms with Gasteiger partial charge in [-0.25, -0.2) is 0 Å². The number of nitrogens with zero attached hydrogens (tertiary/aromatic N) is 4. The van der Waals surface area contributed by atoms with Crippen LogP contribution in [0.4, 0.5) is 0 Å². The van der Waals surface area contributed by atoms with E-state index in [4.69, 9.17) is 0 Å². The first-order valence-electron chi connectivity index (χ1n) is 9.11. The number of hydrogen-bond donors (Lipinski definition) is 1. The van der Waals surface area contributed by atoms with Crippen molar-refractivity contribution in [1.82, 2.24) is 25.2 Å². The molecule has 1 N–H and O–H groups in total. The zero-order valence-electron chi connectivity index (χ0n) is 14.9. The number of carbonyl (C=O) groups is 1. The molecule has 7 heteroatoms. The van der Waals surface area contributed by atoms with Gasteiger partial charge in [-0.3, -0.25) is 14.5 Å². The van der Waals surface area contributed by atoms with E-state index in [0.29, 0.717) is 23.1 Å². The number of piperidine rings is 1. The molecule has 3 aromatic rings. The van der Waals surface area contributed by atoms with Crippen molar-refractivity contribution in [2.24, 2.45) is 0 Å². The summed E-state index contributed by atoms with van der Waals surface area (Å²) in [6.45, 7) is 2.00. The molecular formula is C20H21N5O2. The zero-order valence-corrected chi connectivity index (χ0v) is 14.9. The highest BCUT2D eigenvalue weighted by atomic mass is 16.2. The van der Waals surface area contributed by atoms with Gasteiger partial charge >= 0.3 is 0 Å². The summed E-state index contributed by atoms with van der Waals surface area (Å²) in [4.78, 5) is 27.0. The number of likely N-dealkylation sites (tertiary alicyclic amines) is 1. The average Bonchev–Trinajstić information content (AvgIpc) is 2.72. The maximum Gasteiger partial charge on any atom is 0.278 e. The summed E-state index contributed by atoms with van der Waals surface area (Å²) in [6.07, 6.45) is 1.68. The van der Waals surface area contributed by atoms with E-state index in [1.54, 1.807) is 12.1 Å². The van der Waals surface area contributed by atoms with Crippen molar-refractivity contribution in [3.05, 3.63) is 70.5 Å². The van der Waals surface area contributed by atoms with Gasteiger partial charge in [0.2, 0.25) is 0 Å². The smallest absolute Gasteiger partial charge is 0.278 e. The lowest BCUT2D eigenvalue weighted by atomic mass is 10.0. The Morgan fingerprint density at radius 3 is 2.52 bits per heavy atom. The topological polar surface area (TPSA) is 80.1 Å². The zero-order chi connectivity index (χ0) is 18.6. The minimum absolute atomic E-state index is 0.0364. The van der Waals surface area contributed by atoms with Crippen LogP contribution in [0.1, 0.15) is 23.2 Å². The summed E-state index contributed by atoms with van der Waals surface area (Å²) < 4.78 is 1.41. The third kappa shape index (κ3) is 3.88. The molecule has 1 aliphatic heterocycles. The van der Waals surface area contributed by atoms with Gasteiger partial charge < -0.3 is 5.32 Å². The molecule has 0 radical (unpaired) electrons. The molecular weight excluding hydrogens is 342 g/mol. The normalized spacial score (nSPS) is 15.7. The Balaban J connectivity index is 1.35. The van der Waals surface area contributed by atoms with E-state index in [0.717, 1.165) is 25.9 Å². The average molecular weight is 363 g/mol. The number of amides is 1. The molecule has 7 nitrogen and oxygen atoms in total. The molecule has 27 heavy (non-hydrogen) atoms. The van der Waals surface area contributed by atoms with Gasteiger partial charge in [-0.2, -0.15) is 4.68 Å². The van der Waals surface area contributed by atoms with Gasteiger partial charge in [0.05, 0.1) is 12.1 Å². The number of carbonyl (C=O) groups excluding carboxylic acids is 1. The molecule has 2 aromatic carbocycles. The van der Waals surface area contributed by atoms with Crippen molar-refractivity contribution >= 4 is 16.8 Å². The second-order valence-electron chi connectivity index (χ2n) is 6.78. The molecule has 0 saturated carbocycles. The first-order chi connectivity index (χ1) is 13.2. The SMILES string of the molecule is O=C(NC1CCN(Cn2nnc3ccccc3c2=O)CC1)c1ccccc1. The quantitative estimate of drug-likeness (QED) is 0.762. The van der Waals surface area contributed by atoms with Gasteiger partial charge in [0.1, 0.15) is 5.52 Å². The predicted molar refractivity (Wildman–Crippen MR) is 102 cm³/mol. The lowest BCUT2D eigenvalue weighted by Crippen LogP contribution is -2.46. The standard InChI is InChI=1S/C20H21N5O2/c26-19(15-6-2-1-3-7-15)21-16-10-12-24(13-11-16)14-25-20(27)17-8-4-5-9-18(17)22-23-25/h1-9,16H,10-14H2,(H,21,26). The van der Waals surface area contributed by atoms with Crippen LogP contribution >= 0.6 is 0 Å². The first-order valence-corrected chi connectivity index (χ1v) is 9.11. The van der Waals surface area contributed by atoms with Crippen LogP contribution in [0.25, 0.3) is 10.9 Å². The van der Waals surface area contributed by atoms with Crippen LogP contribution in [-0.4, -0.2) is 44.9 Å². The largest absolute Gasteiger partial charge is 0.349 e. The fourth-order valence-corrected chi connectivity index (χ4v) is 3.38. The summed E-state index contributed by atoms with van der Waals surface area (Å²) in [5, 5.41) is 11.8. The van der Waals surface area contributed by atoms with Crippen LogP contribution in [-0.2, 0) is 6.67 Å². The van der Waals surface area contributed by atoms with E-state index >= 15 is 0 Å². The summed E-state index contributed by atoms with van der Waals surface area (Å²) in [5.41, 5.74) is 1.17. The van der Waals surface area contributed by atoms with Crippen molar-refractivity contribution in [2.75, 3.05) is 13.1 Å². The van der Waals surface area contributed by atoms with E-state index in [2.05, 4.69) is 20.5 Å². The van der Waals surface area contributed by atoms with Crippen molar-refractivity contribution in [1.29, 1.82) is 0 Å². The summed E-state index contributed by atoms with van der Waals surface area (Å²) in [6, 6.07) is 16.6. The Bertz CT molecular complexity index is 994. The predicted octanol–water partition coefficient (Wildman–Crippen LogP) is 1.64. The molecule has 4 rings (SSSR count). The highest BCUT2D eigenvalue weighted by molar-refractivity contribution is 5.94. The maximum atomic E-state index is 12.5. The van der Waals surface area contributed by atoms with Gasteiger partial charge in [-0.15, -0.1) is 5.10 Å². The van der Waals surface area contributed by atoms with Crippen molar-refractivity contribution in [2.45, 2.75) is 25.6 Å². The highest BCUT2D eigenvalue weighted by Crippen LogP contribution is 2.12. The van der Waals surface area contributed by atoms with Crippen LogP contribution < -0.4 is 10.9 Å². The Morgan fingerprint density at radius 1 is 1.04 bits per heavy atom. The number of rotatable bonds is 4. The molecule has 0 aliphatic carbocycles. The highest BCUT2D eigenvalue weighted by Gasteiger charge is 2.22. The maximum absolute atomic E-state index is 12.5. The van der Waals surface area contributed by atoms with E-state index < -0.39 is 0 Å². The Hall–Kier alpha value is -3.06. The molecule has 1 amide bonds. The van der Waals surface area contributed by atoms with Gasteiger partial charge in [0, 0.05) is 24.7 Å². The summed E-state index contributed by atoms with van der Waals surface area (Å²) >= 11 is 0. The Kier molecular flexibility index (Phi) is 4.93. The van der Waals surface area contributed by atoms with Gasteiger partial charge in [0.25, 0.3) is 11.5 Å². The molecule has 2 heterocycles. The van der Waals surface area contributed by atoms with Crippen LogP contribution in [0.15, 0.2) is 59.4 Å². The van der Waals surface area contributed by atoms with E-state index in [-0.39, 0.29) is 17.5 Å². The Labute approximate surface area is 156 Å². The number of aromatic nitrogens is 3. The summed E-state index contributed by atoms with van der Waals surface area (Å²) in [5.74, 6) is -0.0364. The van der Waals surface area contributed by atoms with Crippen molar-refractivity contribution < 1.29 is 4.79 Å². The third-order valence-electron chi connectivity index (χ3n) is 4.92. The first kappa shape index (κ1) is 17.4. The number of benzene rings is 2. The molecule has 1 aromatic heterocycles. The van der Waals surface area contributed by atoms with Crippen molar-refractivity contribution in [3.63, 3.8) is 0 Å². The molecule has 0 unspecified atom stereocenters. The molecule has 1 fully saturated rings. The number of hydrogen-bond acceptors (Lipinski definition) is 5. The fraction of sp³-hybridized carbons (Fsp3) is 0.300. The molecule has 0 atom stereocenters. The molecule has 0 bridgehead atoms. The minimum atomic E-state index is -0.125. The summed E-state index contributed by atoms with van der Waals surface area (Å²) in [7, 11) is 0. The molecule has 1 saturated heterocycles. The van der Waals surface area contributed by atoms with Crippen LogP contribution in [0.3, 0.4) is 0 Å². The molecule has 0 spiro atoms. The third-order valence-corrected chi connectivity index (χ3v) is 4.92. The lowest BCUT2D eigenvalue weighted by Gasteiger charge is -2.32. The minimum Gasteiger partial charge on any atom is -0.349 e. The monoisotopic (exact) mass is 363 g/mol. The van der Waals surface area contributed by atoms with E-state index in [9.17, 15) is 9.59 Å². The van der Waals surface area contributed by atoms with Gasteiger partial charge in [0.15, 0.2) is 0 Å². The second-order valence-corrected chi connectivity index (χ2v) is 6.78. The van der Waals surface area contributed by atoms with Gasteiger partial charge in [-0.1, -0.05) is 35.5 Å². The number of nitrogens with one attached hydrogen (secondary N) is 1. The van der Waals surface area contributed by atoms with Gasteiger partial charge in [-0.05, 0) is 37.1 Å². The lowest BCUT2D eigenvalue weighted by molar-refractivity contribution is 0.0894. The van der Waals surface area contributed by atoms with Crippen LogP contribution in [0.5, 0.6) is 0 Å². The second kappa shape index (κ2) is 7.67. The molecule has 138 valence electrons. The Morgan fingerprint density at radius 2 is 1.74 bits per heavy atom. The van der Waals surface area contributed by atoms with Crippen LogP contribution in [0.2, 0.25) is 0 Å². The van der Waals surface area contributed by atoms with E-state index in [1.807, 2.05) is 42.5 Å². The fourth-order valence-electron chi connectivity index (χ4n) is 3.38. The van der Waals surface area contributed by atoms with Crippen LogP contribution in [0, 0.1) is 0 Å². The van der Waals surface area contributed by atoms with E-state index in [1.165, 1.54) is 4.68 Å². The van der Waals surface area contributed by atoms with Crippen molar-refractivity contribution in [3.8, 4) is 0 Å². The molecule has 1 aliphatic rings. The number of fused-ring (bicyclic) bond motifs is 1.